The predicted octanol–water partition coefficient (Wildman–Crippen LogP) is -0.353. The van der Waals surface area contributed by atoms with Crippen LogP contribution in [0.4, 0.5) is 0 Å². The van der Waals surface area contributed by atoms with Gasteiger partial charge in [-0.3, -0.25) is 9.59 Å². The van der Waals surface area contributed by atoms with Crippen molar-refractivity contribution in [1.82, 2.24) is 5.32 Å². The highest BCUT2D eigenvalue weighted by molar-refractivity contribution is 5.86. The summed E-state index contributed by atoms with van der Waals surface area (Å²) in [5.41, 5.74) is 5.70. The summed E-state index contributed by atoms with van der Waals surface area (Å²) >= 11 is 0. The van der Waals surface area contributed by atoms with Crippen LogP contribution in [-0.2, 0) is 14.3 Å². The van der Waals surface area contributed by atoms with Crippen LogP contribution >= 0.6 is 0 Å². The Bertz CT molecular complexity index is 265. The zero-order chi connectivity index (χ0) is 11.6. The molecular formula is C10H18N2O3. The molecule has 15 heavy (non-hydrogen) atoms. The Labute approximate surface area is 89.3 Å². The van der Waals surface area contributed by atoms with Crippen LogP contribution in [-0.4, -0.2) is 30.6 Å². The SMILES string of the molecule is CC(=O)OCC(C)C1NC(=O)C1C(C)N. The Morgan fingerprint density at radius 3 is 2.60 bits per heavy atom. The number of rotatable bonds is 4. The molecule has 1 saturated heterocycles. The van der Waals surface area contributed by atoms with E-state index in [9.17, 15) is 9.59 Å². The molecule has 1 heterocycles. The van der Waals surface area contributed by atoms with E-state index in [1.807, 2.05) is 13.8 Å². The third-order valence-electron chi connectivity index (χ3n) is 2.73. The van der Waals surface area contributed by atoms with E-state index in [0.717, 1.165) is 0 Å². The van der Waals surface area contributed by atoms with Gasteiger partial charge in [0.1, 0.15) is 0 Å². The number of esters is 1. The van der Waals surface area contributed by atoms with Crippen LogP contribution in [0.2, 0.25) is 0 Å². The molecule has 3 N–H and O–H groups in total. The van der Waals surface area contributed by atoms with E-state index in [1.54, 1.807) is 0 Å². The summed E-state index contributed by atoms with van der Waals surface area (Å²) in [6.07, 6.45) is 0. The van der Waals surface area contributed by atoms with Crippen LogP contribution in [0.5, 0.6) is 0 Å². The lowest BCUT2D eigenvalue weighted by Crippen LogP contribution is -2.66. The van der Waals surface area contributed by atoms with E-state index in [-0.39, 0.29) is 35.8 Å². The van der Waals surface area contributed by atoms with Gasteiger partial charge in [0, 0.05) is 24.9 Å². The minimum absolute atomic E-state index is 0.00956. The fourth-order valence-corrected chi connectivity index (χ4v) is 1.83. The van der Waals surface area contributed by atoms with Gasteiger partial charge in [-0.25, -0.2) is 0 Å². The number of β-lactam (4-membered cyclic amide) rings is 1. The zero-order valence-corrected chi connectivity index (χ0v) is 9.32. The highest BCUT2D eigenvalue weighted by Gasteiger charge is 2.44. The van der Waals surface area contributed by atoms with E-state index in [1.165, 1.54) is 6.92 Å². The van der Waals surface area contributed by atoms with Crippen LogP contribution in [0.25, 0.3) is 0 Å². The van der Waals surface area contributed by atoms with E-state index in [4.69, 9.17) is 10.5 Å². The van der Waals surface area contributed by atoms with Crippen LogP contribution in [0.3, 0.4) is 0 Å². The van der Waals surface area contributed by atoms with Crippen molar-refractivity contribution in [1.29, 1.82) is 0 Å². The fraction of sp³-hybridized carbons (Fsp3) is 0.800. The first-order valence-corrected chi connectivity index (χ1v) is 5.12. The maximum atomic E-state index is 11.2. The third kappa shape index (κ3) is 2.68. The first-order valence-electron chi connectivity index (χ1n) is 5.12. The maximum absolute atomic E-state index is 11.2. The van der Waals surface area contributed by atoms with Crippen molar-refractivity contribution in [2.75, 3.05) is 6.61 Å². The van der Waals surface area contributed by atoms with Crippen LogP contribution in [0.1, 0.15) is 20.8 Å². The molecule has 1 aliphatic rings. The van der Waals surface area contributed by atoms with Gasteiger partial charge in [0.15, 0.2) is 0 Å². The smallest absolute Gasteiger partial charge is 0.302 e. The van der Waals surface area contributed by atoms with Crippen molar-refractivity contribution in [3.63, 3.8) is 0 Å². The van der Waals surface area contributed by atoms with Crippen molar-refractivity contribution in [3.05, 3.63) is 0 Å². The molecule has 1 amide bonds. The predicted molar refractivity (Wildman–Crippen MR) is 54.9 cm³/mol. The minimum atomic E-state index is -0.301. The Morgan fingerprint density at radius 2 is 2.20 bits per heavy atom. The zero-order valence-electron chi connectivity index (χ0n) is 9.32. The second-order valence-corrected chi connectivity index (χ2v) is 4.20. The first-order chi connectivity index (χ1) is 6.93. The van der Waals surface area contributed by atoms with Gasteiger partial charge in [0.2, 0.25) is 5.91 Å². The Balaban J connectivity index is 2.43. The molecule has 86 valence electrons. The number of carbonyl (C=O) groups is 2. The molecule has 0 aromatic heterocycles. The number of hydrogen-bond donors (Lipinski definition) is 2. The monoisotopic (exact) mass is 214 g/mol. The molecule has 4 atom stereocenters. The van der Waals surface area contributed by atoms with Gasteiger partial charge >= 0.3 is 5.97 Å². The van der Waals surface area contributed by atoms with Gasteiger partial charge in [0.05, 0.1) is 12.5 Å². The van der Waals surface area contributed by atoms with Crippen molar-refractivity contribution in [2.45, 2.75) is 32.9 Å². The van der Waals surface area contributed by atoms with Crippen LogP contribution in [0, 0.1) is 11.8 Å². The molecule has 5 heteroatoms. The lowest BCUT2D eigenvalue weighted by Gasteiger charge is -2.42. The second-order valence-electron chi connectivity index (χ2n) is 4.20. The van der Waals surface area contributed by atoms with Gasteiger partial charge in [-0.05, 0) is 6.92 Å². The maximum Gasteiger partial charge on any atom is 0.302 e. The minimum Gasteiger partial charge on any atom is -0.466 e. The second kappa shape index (κ2) is 4.61. The highest BCUT2D eigenvalue weighted by atomic mass is 16.5. The summed E-state index contributed by atoms with van der Waals surface area (Å²) in [4.78, 5) is 21.8. The van der Waals surface area contributed by atoms with Crippen LogP contribution in [0.15, 0.2) is 0 Å². The third-order valence-corrected chi connectivity index (χ3v) is 2.73. The molecule has 1 rings (SSSR count). The summed E-state index contributed by atoms with van der Waals surface area (Å²) in [6, 6.07) is -0.139. The highest BCUT2D eigenvalue weighted by Crippen LogP contribution is 2.24. The Morgan fingerprint density at radius 1 is 1.60 bits per heavy atom. The van der Waals surface area contributed by atoms with Gasteiger partial charge in [-0.1, -0.05) is 6.92 Å². The molecule has 1 aliphatic heterocycles. The molecule has 0 aliphatic carbocycles. The van der Waals surface area contributed by atoms with E-state index >= 15 is 0 Å². The largest absolute Gasteiger partial charge is 0.466 e. The molecule has 0 aromatic rings. The van der Waals surface area contributed by atoms with Gasteiger partial charge < -0.3 is 15.8 Å². The molecule has 0 spiro atoms. The van der Waals surface area contributed by atoms with Gasteiger partial charge in [-0.2, -0.15) is 0 Å². The quantitative estimate of drug-likeness (QED) is 0.495. The summed E-state index contributed by atoms with van der Waals surface area (Å²) in [7, 11) is 0. The number of nitrogens with two attached hydrogens (primary N) is 1. The summed E-state index contributed by atoms with van der Waals surface area (Å²) in [5.74, 6) is -0.368. The van der Waals surface area contributed by atoms with E-state index in [2.05, 4.69) is 5.32 Å². The molecule has 0 radical (unpaired) electrons. The Kier molecular flexibility index (Phi) is 3.68. The lowest BCUT2D eigenvalue weighted by atomic mass is 9.78. The van der Waals surface area contributed by atoms with Crippen molar-refractivity contribution in [2.24, 2.45) is 17.6 Å². The average Bonchev–Trinajstić information content (AvgIpc) is 2.08. The number of nitrogens with one attached hydrogen (secondary N) is 1. The van der Waals surface area contributed by atoms with Crippen molar-refractivity contribution >= 4 is 11.9 Å². The van der Waals surface area contributed by atoms with Crippen molar-refractivity contribution in [3.8, 4) is 0 Å². The molecule has 1 fully saturated rings. The Hall–Kier alpha value is -1.10. The average molecular weight is 214 g/mol. The molecule has 5 nitrogen and oxygen atoms in total. The van der Waals surface area contributed by atoms with E-state index in [0.29, 0.717) is 6.61 Å². The molecule has 4 unspecified atom stereocenters. The number of hydrogen-bond acceptors (Lipinski definition) is 4. The van der Waals surface area contributed by atoms with Crippen LogP contribution < -0.4 is 11.1 Å². The number of ether oxygens (including phenoxy) is 1. The standard InChI is InChI=1S/C10H18N2O3/c1-5(4-15-7(3)13)9-8(6(2)11)10(14)12-9/h5-6,8-9H,4,11H2,1-3H3,(H,12,14). The summed E-state index contributed by atoms with van der Waals surface area (Å²) in [5, 5.41) is 2.79. The molecular weight excluding hydrogens is 196 g/mol. The first kappa shape index (κ1) is 12.0. The molecule has 0 bridgehead atoms. The normalized spacial score (nSPS) is 28.7. The van der Waals surface area contributed by atoms with E-state index < -0.39 is 0 Å². The fourth-order valence-electron chi connectivity index (χ4n) is 1.83. The summed E-state index contributed by atoms with van der Waals surface area (Å²) < 4.78 is 4.89. The van der Waals surface area contributed by atoms with Gasteiger partial charge in [0.25, 0.3) is 0 Å². The molecule has 0 aromatic carbocycles. The number of amides is 1. The lowest BCUT2D eigenvalue weighted by molar-refractivity contribution is -0.145. The van der Waals surface area contributed by atoms with Crippen molar-refractivity contribution < 1.29 is 14.3 Å². The molecule has 0 saturated carbocycles. The number of carbonyl (C=O) groups excluding carboxylic acids is 2. The topological polar surface area (TPSA) is 81.4 Å². The van der Waals surface area contributed by atoms with Gasteiger partial charge in [-0.15, -0.1) is 0 Å². The summed E-state index contributed by atoms with van der Waals surface area (Å²) in [6.45, 7) is 5.44.